The second kappa shape index (κ2) is 13.7. The van der Waals surface area contributed by atoms with Gasteiger partial charge in [-0.05, 0) is 47.5 Å². The molecule has 0 saturated carbocycles. The third-order valence-corrected chi connectivity index (χ3v) is 8.93. The number of rotatable bonds is 7. The molecule has 0 bridgehead atoms. The Labute approximate surface area is 299 Å². The molecule has 0 atom stereocenters. The third kappa shape index (κ3) is 5.92. The number of carbonyl (C=O) groups excluding carboxylic acids is 2. The van der Waals surface area contributed by atoms with Gasteiger partial charge in [0.1, 0.15) is 0 Å². The molecule has 0 unspecified atom stereocenters. The van der Waals surface area contributed by atoms with Crippen LogP contribution in [0.4, 0.5) is 0 Å². The summed E-state index contributed by atoms with van der Waals surface area (Å²) < 4.78 is 10.2. The zero-order valence-electron chi connectivity index (χ0n) is 28.3. The molecule has 6 aromatic carbocycles. The average molecular weight is 679 g/mol. The number of benzene rings is 6. The molecule has 0 fully saturated rings. The predicted molar refractivity (Wildman–Crippen MR) is 202 cm³/mol. The van der Waals surface area contributed by atoms with Gasteiger partial charge in [0.25, 0.3) is 0 Å². The van der Waals surface area contributed by atoms with Crippen molar-refractivity contribution in [1.29, 1.82) is 0 Å². The molecule has 0 saturated heterocycles. The Morgan fingerprint density at radius 1 is 0.385 bits per heavy atom. The number of hydrogen-bond donors (Lipinski definition) is 0. The minimum atomic E-state index is -0.450. The molecular formula is C44H30N4O4. The van der Waals surface area contributed by atoms with E-state index in [0.717, 1.165) is 22.3 Å². The van der Waals surface area contributed by atoms with Gasteiger partial charge >= 0.3 is 11.9 Å². The van der Waals surface area contributed by atoms with Crippen LogP contribution in [-0.2, 0) is 9.47 Å². The molecule has 8 heteroatoms. The van der Waals surface area contributed by atoms with E-state index in [9.17, 15) is 9.59 Å². The van der Waals surface area contributed by atoms with Gasteiger partial charge in [0, 0.05) is 22.3 Å². The molecular weight excluding hydrogens is 649 g/mol. The van der Waals surface area contributed by atoms with Crippen LogP contribution in [-0.4, -0.2) is 46.1 Å². The van der Waals surface area contributed by atoms with Crippen molar-refractivity contribution in [3.63, 3.8) is 0 Å². The number of aromatic nitrogens is 4. The number of nitrogens with zero attached hydrogens (tertiary/aromatic N) is 4. The first-order valence-electron chi connectivity index (χ1n) is 16.6. The zero-order chi connectivity index (χ0) is 35.6. The van der Waals surface area contributed by atoms with Gasteiger partial charge in [0.15, 0.2) is 0 Å². The van der Waals surface area contributed by atoms with Gasteiger partial charge in [-0.1, -0.05) is 109 Å². The molecule has 2 heterocycles. The fraction of sp³-hybridized carbons (Fsp3) is 0.0455. The quantitative estimate of drug-likeness (QED) is 0.154. The maximum atomic E-state index is 12.8. The van der Waals surface area contributed by atoms with Crippen molar-refractivity contribution in [2.24, 2.45) is 0 Å². The summed E-state index contributed by atoms with van der Waals surface area (Å²) in [5.74, 6) is -0.895. The molecule has 8 nitrogen and oxygen atoms in total. The van der Waals surface area contributed by atoms with E-state index in [1.54, 1.807) is 24.3 Å². The predicted octanol–water partition coefficient (Wildman–Crippen LogP) is 9.48. The number of esters is 2. The number of carbonyl (C=O) groups is 2. The lowest BCUT2D eigenvalue weighted by atomic mass is 9.98. The third-order valence-electron chi connectivity index (χ3n) is 8.93. The van der Waals surface area contributed by atoms with E-state index in [-0.39, 0.29) is 0 Å². The second-order valence-electron chi connectivity index (χ2n) is 12.1. The van der Waals surface area contributed by atoms with E-state index < -0.39 is 11.9 Å². The second-order valence-corrected chi connectivity index (χ2v) is 12.1. The highest BCUT2D eigenvalue weighted by molar-refractivity contribution is 6.01. The van der Waals surface area contributed by atoms with Crippen LogP contribution in [0.15, 0.2) is 146 Å². The van der Waals surface area contributed by atoms with Gasteiger partial charge < -0.3 is 9.47 Å². The Morgan fingerprint density at radius 2 is 0.750 bits per heavy atom. The molecule has 8 aromatic rings. The molecule has 52 heavy (non-hydrogen) atoms. The molecule has 0 radical (unpaired) electrons. The smallest absolute Gasteiger partial charge is 0.338 e. The first-order valence-corrected chi connectivity index (χ1v) is 16.6. The van der Waals surface area contributed by atoms with E-state index in [2.05, 4.69) is 0 Å². The van der Waals surface area contributed by atoms with Crippen LogP contribution in [0.3, 0.4) is 0 Å². The fourth-order valence-electron chi connectivity index (χ4n) is 6.39. The number of methoxy groups -OCH3 is 2. The molecule has 0 spiro atoms. The zero-order valence-corrected chi connectivity index (χ0v) is 28.3. The molecule has 0 amide bonds. The molecule has 250 valence electrons. The highest BCUT2D eigenvalue weighted by atomic mass is 16.5. The maximum absolute atomic E-state index is 12.8. The van der Waals surface area contributed by atoms with Crippen LogP contribution < -0.4 is 0 Å². The summed E-state index contributed by atoms with van der Waals surface area (Å²) in [4.78, 5) is 46.0. The number of hydrogen-bond acceptors (Lipinski definition) is 8. The van der Waals surface area contributed by atoms with E-state index in [0.29, 0.717) is 67.1 Å². The summed E-state index contributed by atoms with van der Waals surface area (Å²) in [5.41, 5.74) is 10.9. The van der Waals surface area contributed by atoms with Crippen LogP contribution in [0.2, 0.25) is 0 Å². The van der Waals surface area contributed by atoms with Crippen molar-refractivity contribution in [2.75, 3.05) is 14.2 Å². The topological polar surface area (TPSA) is 104 Å². The van der Waals surface area contributed by atoms with Crippen LogP contribution in [0.5, 0.6) is 0 Å². The van der Waals surface area contributed by atoms with Crippen LogP contribution in [0, 0.1) is 0 Å². The first kappa shape index (κ1) is 32.2. The molecule has 0 aliphatic carbocycles. The van der Waals surface area contributed by atoms with Crippen molar-refractivity contribution < 1.29 is 19.1 Å². The summed E-state index contributed by atoms with van der Waals surface area (Å²) in [6, 6.07) is 46.1. The lowest BCUT2D eigenvalue weighted by Crippen LogP contribution is -2.05. The van der Waals surface area contributed by atoms with Gasteiger partial charge in [-0.15, -0.1) is 0 Å². The van der Waals surface area contributed by atoms with Crippen molar-refractivity contribution in [3.8, 4) is 56.2 Å². The Hall–Kier alpha value is -7.06. The van der Waals surface area contributed by atoms with Gasteiger partial charge in [0.2, 0.25) is 0 Å². The minimum absolute atomic E-state index is 0.405. The van der Waals surface area contributed by atoms with Crippen LogP contribution in [0.1, 0.15) is 20.7 Å². The fourth-order valence-corrected chi connectivity index (χ4v) is 6.39. The molecule has 8 rings (SSSR count). The van der Waals surface area contributed by atoms with Crippen molar-refractivity contribution in [2.45, 2.75) is 0 Å². The molecule has 0 aliphatic rings. The first-order chi connectivity index (χ1) is 25.5. The Morgan fingerprint density at radius 3 is 1.19 bits per heavy atom. The van der Waals surface area contributed by atoms with E-state index in [1.807, 2.05) is 121 Å². The van der Waals surface area contributed by atoms with Gasteiger partial charge in [-0.3, -0.25) is 0 Å². The lowest BCUT2D eigenvalue weighted by Gasteiger charge is -2.14. The number of ether oxygens (including phenoxy) is 2. The summed E-state index contributed by atoms with van der Waals surface area (Å²) in [6.07, 6.45) is 0. The maximum Gasteiger partial charge on any atom is 0.338 e. The number of fused-ring (bicyclic) bond motifs is 2. The van der Waals surface area contributed by atoms with E-state index >= 15 is 0 Å². The Kier molecular flexibility index (Phi) is 8.46. The van der Waals surface area contributed by atoms with Gasteiger partial charge in [-0.2, -0.15) is 0 Å². The van der Waals surface area contributed by atoms with E-state index in [1.165, 1.54) is 14.2 Å². The monoisotopic (exact) mass is 678 g/mol. The van der Waals surface area contributed by atoms with Crippen LogP contribution >= 0.6 is 0 Å². The van der Waals surface area contributed by atoms with E-state index in [4.69, 9.17) is 29.4 Å². The van der Waals surface area contributed by atoms with Crippen molar-refractivity contribution in [3.05, 3.63) is 157 Å². The molecule has 2 aromatic heterocycles. The summed E-state index contributed by atoms with van der Waals surface area (Å²) >= 11 is 0. The van der Waals surface area contributed by atoms with Crippen LogP contribution in [0.25, 0.3) is 78.2 Å². The largest absolute Gasteiger partial charge is 0.465 e. The summed E-state index contributed by atoms with van der Waals surface area (Å²) in [6.45, 7) is 0. The average Bonchev–Trinajstić information content (AvgIpc) is 3.22. The summed E-state index contributed by atoms with van der Waals surface area (Å²) in [5, 5.41) is 0. The molecule has 0 aliphatic heterocycles. The highest BCUT2D eigenvalue weighted by Gasteiger charge is 2.22. The Balaban J connectivity index is 1.29. The van der Waals surface area contributed by atoms with Gasteiger partial charge in [0.05, 0.1) is 70.2 Å². The van der Waals surface area contributed by atoms with Crippen molar-refractivity contribution >= 4 is 34.0 Å². The SMILES string of the molecule is COC(=O)c1ccccc1-c1nc2ccc(-c3ccc4nc(-c5ccccc5)c(-c5ccccc5C(=O)OC)nc4c3)cc2nc1-c1ccccc1. The van der Waals surface area contributed by atoms with Gasteiger partial charge in [-0.25, -0.2) is 29.5 Å². The van der Waals surface area contributed by atoms with Crippen molar-refractivity contribution in [1.82, 2.24) is 19.9 Å². The molecule has 0 N–H and O–H groups in total. The Bertz CT molecular complexity index is 2640. The highest BCUT2D eigenvalue weighted by Crippen LogP contribution is 2.37. The summed E-state index contributed by atoms with van der Waals surface area (Å²) in [7, 11) is 2.74. The standard InChI is InChI=1S/C44H30N4O4/c1-51-43(49)33-19-11-9-17-31(33)41-40(28-15-7-4-8-16-28)47-37-25-29(22-24-36(37)46-41)30-21-23-35-38(26-30)48-42(39(45-35)27-13-5-3-6-14-27)32-18-10-12-20-34(32)44(50)52-2/h3-26H,1-2H3. The minimum Gasteiger partial charge on any atom is -0.465 e. The normalized spacial score (nSPS) is 11.0. The lowest BCUT2D eigenvalue weighted by molar-refractivity contribution is 0.0592.